The van der Waals surface area contributed by atoms with Crippen molar-refractivity contribution < 1.29 is 8.42 Å². The summed E-state index contributed by atoms with van der Waals surface area (Å²) in [7, 11) is -1.68. The Morgan fingerprint density at radius 1 is 1.33 bits per heavy atom. The summed E-state index contributed by atoms with van der Waals surface area (Å²) in [6.45, 7) is 1.96. The molecule has 0 fully saturated rings. The Bertz CT molecular complexity index is 509. The Hall–Kier alpha value is -1.14. The molecule has 0 atom stereocenters. The number of anilines is 1. The van der Waals surface area contributed by atoms with Gasteiger partial charge in [0, 0.05) is 12.6 Å². The van der Waals surface area contributed by atoms with Crippen LogP contribution >= 0.6 is 12.2 Å². The van der Waals surface area contributed by atoms with Gasteiger partial charge in [-0.25, -0.2) is 8.42 Å². The molecule has 1 rings (SSSR count). The van der Waals surface area contributed by atoms with Gasteiger partial charge < -0.3 is 5.73 Å². The van der Waals surface area contributed by atoms with Gasteiger partial charge in [0.25, 0.3) is 0 Å². The smallest absolute Gasteiger partial charge is 0.234 e. The standard InChI is InChI=1S/C12H18N2O2S2/c1-3-4-9-18(15,16)14(2)11-7-5-10(6-8-11)12(13)17/h5-8H,3-4,9H2,1-2H3,(H2,13,17). The molecule has 0 radical (unpaired) electrons. The number of nitrogens with two attached hydrogens (primary N) is 1. The van der Waals surface area contributed by atoms with Gasteiger partial charge in [-0.1, -0.05) is 25.6 Å². The van der Waals surface area contributed by atoms with E-state index in [2.05, 4.69) is 0 Å². The summed E-state index contributed by atoms with van der Waals surface area (Å²) in [4.78, 5) is 0.304. The molecule has 0 spiro atoms. The molecular formula is C12H18N2O2S2. The number of nitrogens with zero attached hydrogens (tertiary/aromatic N) is 1. The maximum absolute atomic E-state index is 12.0. The van der Waals surface area contributed by atoms with Gasteiger partial charge in [-0.2, -0.15) is 0 Å². The molecular weight excluding hydrogens is 268 g/mol. The van der Waals surface area contributed by atoms with Crippen LogP contribution in [0.15, 0.2) is 24.3 Å². The Morgan fingerprint density at radius 2 is 1.89 bits per heavy atom. The minimum atomic E-state index is -3.24. The second kappa shape index (κ2) is 6.15. The van der Waals surface area contributed by atoms with E-state index in [0.717, 1.165) is 12.0 Å². The second-order valence-electron chi connectivity index (χ2n) is 4.05. The molecule has 0 bridgehead atoms. The van der Waals surface area contributed by atoms with E-state index in [1.165, 1.54) is 4.31 Å². The summed E-state index contributed by atoms with van der Waals surface area (Å²) in [5.74, 6) is 0.164. The molecule has 6 heteroatoms. The number of thiocarbonyl (C=S) groups is 1. The first-order valence-electron chi connectivity index (χ1n) is 5.75. The van der Waals surface area contributed by atoms with Crippen LogP contribution in [-0.4, -0.2) is 26.2 Å². The monoisotopic (exact) mass is 286 g/mol. The lowest BCUT2D eigenvalue weighted by Crippen LogP contribution is -2.29. The fraction of sp³-hybridized carbons (Fsp3) is 0.417. The number of benzene rings is 1. The molecule has 2 N–H and O–H groups in total. The number of unbranched alkanes of at least 4 members (excludes halogenated alkanes) is 1. The SMILES string of the molecule is CCCCS(=O)(=O)N(C)c1ccc(C(N)=S)cc1. The van der Waals surface area contributed by atoms with Crippen LogP contribution in [0.25, 0.3) is 0 Å². The molecule has 0 aromatic heterocycles. The van der Waals surface area contributed by atoms with E-state index in [9.17, 15) is 8.42 Å². The average molecular weight is 286 g/mol. The van der Waals surface area contributed by atoms with Crippen LogP contribution in [0.5, 0.6) is 0 Å². The zero-order valence-electron chi connectivity index (χ0n) is 10.6. The third-order valence-electron chi connectivity index (χ3n) is 2.69. The van der Waals surface area contributed by atoms with Crippen LogP contribution in [0.2, 0.25) is 0 Å². The van der Waals surface area contributed by atoms with Crippen LogP contribution < -0.4 is 10.0 Å². The van der Waals surface area contributed by atoms with E-state index in [0.29, 0.717) is 17.1 Å². The molecule has 4 nitrogen and oxygen atoms in total. The largest absolute Gasteiger partial charge is 0.389 e. The molecule has 0 amide bonds. The predicted octanol–water partition coefficient (Wildman–Crippen LogP) is 1.89. The number of sulfonamides is 1. The maximum Gasteiger partial charge on any atom is 0.234 e. The first-order chi connectivity index (χ1) is 8.38. The van der Waals surface area contributed by atoms with Crippen molar-refractivity contribution in [3.63, 3.8) is 0 Å². The van der Waals surface area contributed by atoms with Crippen molar-refractivity contribution in [3.05, 3.63) is 29.8 Å². The van der Waals surface area contributed by atoms with E-state index in [4.69, 9.17) is 18.0 Å². The molecule has 1 aromatic carbocycles. The molecule has 0 unspecified atom stereocenters. The Balaban J connectivity index is 2.90. The third kappa shape index (κ3) is 3.68. The molecule has 0 saturated carbocycles. The maximum atomic E-state index is 12.0. The summed E-state index contributed by atoms with van der Waals surface area (Å²) in [6, 6.07) is 6.86. The molecule has 18 heavy (non-hydrogen) atoms. The molecule has 0 aliphatic carbocycles. The fourth-order valence-electron chi connectivity index (χ4n) is 1.46. The second-order valence-corrected chi connectivity index (χ2v) is 6.61. The summed E-state index contributed by atoms with van der Waals surface area (Å²) in [6.07, 6.45) is 1.52. The van der Waals surface area contributed by atoms with Gasteiger partial charge in [0.15, 0.2) is 0 Å². The normalized spacial score (nSPS) is 11.2. The highest BCUT2D eigenvalue weighted by Gasteiger charge is 2.17. The van der Waals surface area contributed by atoms with Crippen molar-refractivity contribution in [3.8, 4) is 0 Å². The fourth-order valence-corrected chi connectivity index (χ4v) is 2.97. The van der Waals surface area contributed by atoms with Gasteiger partial charge in [-0.3, -0.25) is 4.31 Å². The lowest BCUT2D eigenvalue weighted by molar-refractivity contribution is 0.591. The van der Waals surface area contributed by atoms with E-state index < -0.39 is 10.0 Å². The molecule has 100 valence electrons. The lowest BCUT2D eigenvalue weighted by Gasteiger charge is -2.19. The Kier molecular flexibility index (Phi) is 5.10. The van der Waals surface area contributed by atoms with Crippen molar-refractivity contribution in [2.24, 2.45) is 5.73 Å². The number of hydrogen-bond acceptors (Lipinski definition) is 3. The van der Waals surface area contributed by atoms with E-state index in [1.54, 1.807) is 31.3 Å². The number of hydrogen-bond donors (Lipinski definition) is 1. The lowest BCUT2D eigenvalue weighted by atomic mass is 10.2. The van der Waals surface area contributed by atoms with Crippen molar-refractivity contribution in [1.29, 1.82) is 0 Å². The molecule has 0 saturated heterocycles. The third-order valence-corrected chi connectivity index (χ3v) is 4.77. The van der Waals surface area contributed by atoms with E-state index in [1.807, 2.05) is 6.92 Å². The Morgan fingerprint density at radius 3 is 2.33 bits per heavy atom. The van der Waals surface area contributed by atoms with Crippen LogP contribution in [0, 0.1) is 0 Å². The van der Waals surface area contributed by atoms with Crippen molar-refractivity contribution in [2.45, 2.75) is 19.8 Å². The first-order valence-corrected chi connectivity index (χ1v) is 7.76. The van der Waals surface area contributed by atoms with Crippen LogP contribution in [0.4, 0.5) is 5.69 Å². The summed E-state index contributed by atoms with van der Waals surface area (Å²) in [5, 5.41) is 0. The molecule has 1 aromatic rings. The topological polar surface area (TPSA) is 63.4 Å². The predicted molar refractivity (Wildman–Crippen MR) is 79.4 cm³/mol. The minimum absolute atomic E-state index is 0.164. The van der Waals surface area contributed by atoms with Crippen LogP contribution in [-0.2, 0) is 10.0 Å². The van der Waals surface area contributed by atoms with E-state index in [-0.39, 0.29) is 5.75 Å². The Labute approximate surface area is 114 Å². The summed E-state index contributed by atoms with van der Waals surface area (Å²) >= 11 is 4.85. The van der Waals surface area contributed by atoms with Gasteiger partial charge in [0.1, 0.15) is 4.99 Å². The zero-order valence-corrected chi connectivity index (χ0v) is 12.2. The van der Waals surface area contributed by atoms with Gasteiger partial charge in [-0.15, -0.1) is 0 Å². The van der Waals surface area contributed by atoms with Gasteiger partial charge in [-0.05, 0) is 30.7 Å². The highest BCUT2D eigenvalue weighted by Crippen LogP contribution is 2.18. The van der Waals surface area contributed by atoms with Crippen molar-refractivity contribution in [2.75, 3.05) is 17.1 Å². The van der Waals surface area contributed by atoms with E-state index >= 15 is 0 Å². The average Bonchev–Trinajstić information content (AvgIpc) is 2.35. The van der Waals surface area contributed by atoms with Crippen LogP contribution in [0.1, 0.15) is 25.3 Å². The summed E-state index contributed by atoms with van der Waals surface area (Å²) < 4.78 is 25.3. The molecule has 0 aliphatic rings. The minimum Gasteiger partial charge on any atom is -0.389 e. The van der Waals surface area contributed by atoms with Crippen LogP contribution in [0.3, 0.4) is 0 Å². The van der Waals surface area contributed by atoms with Crippen molar-refractivity contribution >= 4 is 32.9 Å². The number of rotatable bonds is 6. The van der Waals surface area contributed by atoms with Gasteiger partial charge in [0.05, 0.1) is 11.4 Å². The van der Waals surface area contributed by atoms with Gasteiger partial charge >= 0.3 is 0 Å². The molecule has 0 aliphatic heterocycles. The van der Waals surface area contributed by atoms with Crippen molar-refractivity contribution in [1.82, 2.24) is 0 Å². The van der Waals surface area contributed by atoms with Gasteiger partial charge in [0.2, 0.25) is 10.0 Å². The molecule has 0 heterocycles. The first kappa shape index (κ1) is 14.9. The quantitative estimate of drug-likeness (QED) is 0.811. The highest BCUT2D eigenvalue weighted by molar-refractivity contribution is 7.92. The summed E-state index contributed by atoms with van der Waals surface area (Å²) in [5.41, 5.74) is 6.84. The zero-order chi connectivity index (χ0) is 13.8. The highest BCUT2D eigenvalue weighted by atomic mass is 32.2.